The van der Waals surface area contributed by atoms with Crippen LogP contribution in [-0.4, -0.2) is 60.1 Å². The highest BCUT2D eigenvalue weighted by Crippen LogP contribution is 2.41. The second-order valence-corrected chi connectivity index (χ2v) is 10.3. The molecule has 3 aromatic rings. The van der Waals surface area contributed by atoms with Crippen LogP contribution in [0.4, 0.5) is 0 Å². The Morgan fingerprint density at radius 1 is 0.917 bits per heavy atom. The van der Waals surface area contributed by atoms with E-state index in [-0.39, 0.29) is 12.5 Å². The Labute approximate surface area is 213 Å². The smallest absolute Gasteiger partial charge is 0.253 e. The number of piperazine rings is 1. The molecular weight excluding hydrogens is 444 g/mol. The van der Waals surface area contributed by atoms with Crippen LogP contribution >= 0.6 is 0 Å². The number of fused-ring (bicyclic) bond motifs is 4. The summed E-state index contributed by atoms with van der Waals surface area (Å²) < 4.78 is 0. The highest BCUT2D eigenvalue weighted by atomic mass is 16.3. The lowest BCUT2D eigenvalue weighted by Gasteiger charge is -2.34. The number of aliphatic hydroxyl groups is 1. The molecule has 2 aliphatic carbocycles. The van der Waals surface area contributed by atoms with E-state index in [1.165, 1.54) is 51.4 Å². The van der Waals surface area contributed by atoms with Gasteiger partial charge in [-0.1, -0.05) is 60.2 Å². The van der Waals surface area contributed by atoms with Crippen LogP contribution in [0.15, 0.2) is 72.3 Å². The van der Waals surface area contributed by atoms with Gasteiger partial charge in [0.25, 0.3) is 5.91 Å². The molecule has 4 nitrogen and oxygen atoms in total. The van der Waals surface area contributed by atoms with E-state index in [1.807, 2.05) is 17.0 Å². The largest absolute Gasteiger partial charge is 0.395 e. The van der Waals surface area contributed by atoms with E-state index < -0.39 is 0 Å². The number of carbonyl (C=O) groups excluding carboxylic acids is 1. The van der Waals surface area contributed by atoms with E-state index in [2.05, 4.69) is 59.5 Å². The Balaban J connectivity index is 1.28. The summed E-state index contributed by atoms with van der Waals surface area (Å²) in [5.74, 6) is 0.111. The minimum absolute atomic E-state index is 0.111. The van der Waals surface area contributed by atoms with Crippen molar-refractivity contribution in [3.63, 3.8) is 0 Å². The number of hydrogen-bond donors (Lipinski definition) is 1. The second-order valence-electron chi connectivity index (χ2n) is 10.3. The maximum absolute atomic E-state index is 13.3. The van der Waals surface area contributed by atoms with E-state index in [4.69, 9.17) is 0 Å². The molecule has 1 heterocycles. The minimum Gasteiger partial charge on any atom is -0.395 e. The Kier molecular flexibility index (Phi) is 6.47. The van der Waals surface area contributed by atoms with Crippen molar-refractivity contribution in [3.05, 3.63) is 100 Å². The van der Waals surface area contributed by atoms with Crippen molar-refractivity contribution in [1.82, 2.24) is 9.80 Å². The van der Waals surface area contributed by atoms with Crippen LogP contribution in [0.1, 0.15) is 51.9 Å². The monoisotopic (exact) mass is 478 g/mol. The fourth-order valence-corrected chi connectivity index (χ4v) is 6.25. The van der Waals surface area contributed by atoms with Crippen molar-refractivity contribution in [3.8, 4) is 0 Å². The van der Waals surface area contributed by atoms with Gasteiger partial charge in [-0.25, -0.2) is 0 Å². The first kappa shape index (κ1) is 23.2. The van der Waals surface area contributed by atoms with Gasteiger partial charge in [-0.3, -0.25) is 9.69 Å². The molecule has 0 spiro atoms. The molecule has 0 aromatic heterocycles. The quantitative estimate of drug-likeness (QED) is 0.546. The first-order valence-corrected chi connectivity index (χ1v) is 13.3. The molecule has 6 rings (SSSR count). The van der Waals surface area contributed by atoms with Crippen LogP contribution in [0.25, 0.3) is 16.3 Å². The lowest BCUT2D eigenvalue weighted by Crippen LogP contribution is -2.49. The van der Waals surface area contributed by atoms with Gasteiger partial charge in [-0.2, -0.15) is 0 Å². The maximum atomic E-state index is 13.3. The molecule has 4 heteroatoms. The summed E-state index contributed by atoms with van der Waals surface area (Å²) in [6.07, 6.45) is 10.1. The summed E-state index contributed by atoms with van der Waals surface area (Å²) in [4.78, 5) is 17.4. The minimum atomic E-state index is 0.111. The number of rotatable bonds is 5. The average Bonchev–Trinajstić information content (AvgIpc) is 2.93. The molecule has 1 aliphatic heterocycles. The Morgan fingerprint density at radius 3 is 2.64 bits per heavy atom. The van der Waals surface area contributed by atoms with Gasteiger partial charge in [-0.15, -0.1) is 0 Å². The standard InChI is InChI=1S/C32H34N2O2/c35-20-19-33-15-17-34(18-16-33)32(36)27-9-3-5-23(22-27)21-26-8-4-7-25-12-13-29-28-10-2-1-6-24(28)11-14-30(29)31(25)26/h2-5,7-10,12-13,22,35H,1,6,11,14-21H2. The number of hydrogen-bond acceptors (Lipinski definition) is 3. The number of nitrogens with zero attached hydrogens (tertiary/aromatic N) is 2. The summed E-state index contributed by atoms with van der Waals surface area (Å²) in [6, 6.07) is 19.5. The second kappa shape index (κ2) is 10.0. The number of aliphatic hydroxyl groups excluding tert-OH is 1. The summed E-state index contributed by atoms with van der Waals surface area (Å²) in [7, 11) is 0. The van der Waals surface area contributed by atoms with Crippen molar-refractivity contribution in [1.29, 1.82) is 0 Å². The summed E-state index contributed by atoms with van der Waals surface area (Å²) in [5.41, 5.74) is 9.26. The van der Waals surface area contributed by atoms with Crippen LogP contribution in [0.2, 0.25) is 0 Å². The van der Waals surface area contributed by atoms with Gasteiger partial charge in [0.05, 0.1) is 6.61 Å². The fourth-order valence-electron chi connectivity index (χ4n) is 6.25. The molecule has 184 valence electrons. The van der Waals surface area contributed by atoms with Gasteiger partial charge in [0, 0.05) is 38.3 Å². The lowest BCUT2D eigenvalue weighted by atomic mass is 9.78. The van der Waals surface area contributed by atoms with Crippen LogP contribution in [-0.2, 0) is 12.8 Å². The van der Waals surface area contributed by atoms with Gasteiger partial charge in [0.1, 0.15) is 0 Å². The topological polar surface area (TPSA) is 43.8 Å². The van der Waals surface area contributed by atoms with Gasteiger partial charge >= 0.3 is 0 Å². The zero-order chi connectivity index (χ0) is 24.5. The lowest BCUT2D eigenvalue weighted by molar-refractivity contribution is 0.0615. The molecule has 0 bridgehead atoms. The van der Waals surface area contributed by atoms with E-state index >= 15 is 0 Å². The number of amides is 1. The number of β-amino-alcohol motifs (C(OH)–C–C–N with tert-alkyl or cyclic N) is 1. The number of aryl methyl sites for hydroxylation is 1. The van der Waals surface area contributed by atoms with Gasteiger partial charge in [0.15, 0.2) is 0 Å². The number of allylic oxidation sites excluding steroid dienone is 4. The first-order valence-electron chi connectivity index (χ1n) is 13.3. The molecule has 36 heavy (non-hydrogen) atoms. The van der Waals surface area contributed by atoms with Gasteiger partial charge in [-0.05, 0) is 82.8 Å². The summed E-state index contributed by atoms with van der Waals surface area (Å²) >= 11 is 0. The van der Waals surface area contributed by atoms with Gasteiger partial charge in [0.2, 0.25) is 0 Å². The third-order valence-electron chi connectivity index (χ3n) is 8.13. The molecule has 1 N–H and O–H groups in total. The Bertz CT molecular complexity index is 1360. The van der Waals surface area contributed by atoms with E-state index in [0.717, 1.165) is 37.9 Å². The highest BCUT2D eigenvalue weighted by molar-refractivity contribution is 5.96. The number of benzene rings is 3. The molecule has 0 unspecified atom stereocenters. The Morgan fingerprint density at radius 2 is 1.78 bits per heavy atom. The summed E-state index contributed by atoms with van der Waals surface area (Å²) in [6.45, 7) is 3.92. The predicted octanol–water partition coefficient (Wildman–Crippen LogP) is 5.23. The van der Waals surface area contributed by atoms with E-state index in [1.54, 1.807) is 5.57 Å². The fraction of sp³-hybridized carbons (Fsp3) is 0.344. The van der Waals surface area contributed by atoms with Crippen LogP contribution < -0.4 is 0 Å². The molecule has 1 fully saturated rings. The molecule has 1 saturated heterocycles. The SMILES string of the molecule is O=C(c1cccc(Cc2cccc3ccc4c(c23)CCC2=C4C=CCC2)c1)N1CCN(CCO)CC1. The Hall–Kier alpha value is -3.21. The van der Waals surface area contributed by atoms with Gasteiger partial charge < -0.3 is 10.0 Å². The van der Waals surface area contributed by atoms with Crippen molar-refractivity contribution in [2.45, 2.75) is 32.1 Å². The van der Waals surface area contributed by atoms with Crippen LogP contribution in [0, 0.1) is 0 Å². The third-order valence-corrected chi connectivity index (χ3v) is 8.13. The van der Waals surface area contributed by atoms with Crippen molar-refractivity contribution in [2.75, 3.05) is 39.3 Å². The van der Waals surface area contributed by atoms with E-state index in [9.17, 15) is 9.90 Å². The molecular formula is C32H34N2O2. The van der Waals surface area contributed by atoms with Crippen LogP contribution in [0.5, 0.6) is 0 Å². The molecule has 3 aliphatic rings. The normalized spacial score (nSPS) is 17.9. The molecule has 1 amide bonds. The van der Waals surface area contributed by atoms with E-state index in [0.29, 0.717) is 19.6 Å². The van der Waals surface area contributed by atoms with Crippen molar-refractivity contribution < 1.29 is 9.90 Å². The zero-order valence-corrected chi connectivity index (χ0v) is 20.9. The van der Waals surface area contributed by atoms with Crippen molar-refractivity contribution >= 4 is 22.3 Å². The average molecular weight is 479 g/mol. The molecule has 0 radical (unpaired) electrons. The highest BCUT2D eigenvalue weighted by Gasteiger charge is 2.23. The zero-order valence-electron chi connectivity index (χ0n) is 20.9. The molecule has 3 aromatic carbocycles. The number of carbonyl (C=O) groups is 1. The predicted molar refractivity (Wildman–Crippen MR) is 146 cm³/mol. The summed E-state index contributed by atoms with van der Waals surface area (Å²) in [5, 5.41) is 11.9. The molecule has 0 atom stereocenters. The molecule has 0 saturated carbocycles. The maximum Gasteiger partial charge on any atom is 0.253 e. The third kappa shape index (κ3) is 4.40. The van der Waals surface area contributed by atoms with Crippen LogP contribution in [0.3, 0.4) is 0 Å². The van der Waals surface area contributed by atoms with Crippen molar-refractivity contribution in [2.24, 2.45) is 0 Å². The first-order chi connectivity index (χ1) is 17.7.